The highest BCUT2D eigenvalue weighted by Gasteiger charge is 2.35. The number of rotatable bonds is 1. The van der Waals surface area contributed by atoms with Crippen LogP contribution in [0.4, 0.5) is 23.2 Å². The van der Waals surface area contributed by atoms with Gasteiger partial charge in [0.25, 0.3) is 0 Å². The molecule has 22 heavy (non-hydrogen) atoms. The molecule has 0 aliphatic heterocycles. The Morgan fingerprint density at radius 1 is 0.909 bits per heavy atom. The molecule has 2 aromatic carbocycles. The van der Waals surface area contributed by atoms with Crippen LogP contribution >= 0.6 is 0 Å². The molecule has 0 radical (unpaired) electrons. The number of nitrogen functional groups attached to an aromatic ring is 1. The van der Waals surface area contributed by atoms with Crippen LogP contribution in [0.5, 0.6) is 0 Å². The molecule has 0 fully saturated rings. The lowest BCUT2D eigenvalue weighted by atomic mass is 10.00. The highest BCUT2D eigenvalue weighted by Crippen LogP contribution is 2.39. The summed E-state index contributed by atoms with van der Waals surface area (Å²) in [5, 5.41) is -0.0747. The van der Waals surface area contributed by atoms with E-state index in [0.29, 0.717) is 11.1 Å². The van der Waals surface area contributed by atoms with Gasteiger partial charge in [-0.3, -0.25) is 4.98 Å². The van der Waals surface area contributed by atoms with Gasteiger partial charge in [0.1, 0.15) is 5.82 Å². The third-order valence-electron chi connectivity index (χ3n) is 3.36. The molecule has 0 unspecified atom stereocenters. The molecule has 0 saturated carbocycles. The van der Waals surface area contributed by atoms with Gasteiger partial charge in [-0.15, -0.1) is 0 Å². The zero-order chi connectivity index (χ0) is 15.9. The van der Waals surface area contributed by atoms with Gasteiger partial charge < -0.3 is 5.73 Å². The van der Waals surface area contributed by atoms with Crippen molar-refractivity contribution < 1.29 is 17.6 Å². The van der Waals surface area contributed by atoms with Crippen LogP contribution in [0.15, 0.2) is 48.7 Å². The van der Waals surface area contributed by atoms with Gasteiger partial charge in [-0.25, -0.2) is 4.39 Å². The van der Waals surface area contributed by atoms with E-state index in [9.17, 15) is 17.6 Å². The molecule has 3 aromatic rings. The van der Waals surface area contributed by atoms with Gasteiger partial charge >= 0.3 is 6.18 Å². The highest BCUT2D eigenvalue weighted by atomic mass is 19.4. The molecule has 1 aromatic heterocycles. The maximum atomic E-state index is 13.2. The number of fused-ring (bicyclic) bond motifs is 1. The maximum Gasteiger partial charge on any atom is 0.419 e. The van der Waals surface area contributed by atoms with Gasteiger partial charge in [0.05, 0.1) is 23.0 Å². The number of hydrogen-bond donors (Lipinski definition) is 1. The van der Waals surface area contributed by atoms with Gasteiger partial charge in [0.2, 0.25) is 0 Å². The second kappa shape index (κ2) is 4.98. The molecule has 2 N–H and O–H groups in total. The number of anilines is 1. The van der Waals surface area contributed by atoms with E-state index in [1.54, 1.807) is 6.07 Å². The van der Waals surface area contributed by atoms with Gasteiger partial charge in [0.15, 0.2) is 0 Å². The molecule has 6 heteroatoms. The van der Waals surface area contributed by atoms with Crippen molar-refractivity contribution in [2.75, 3.05) is 5.73 Å². The topological polar surface area (TPSA) is 38.9 Å². The summed E-state index contributed by atoms with van der Waals surface area (Å²) in [6.45, 7) is 0. The Balaban J connectivity index is 2.26. The van der Waals surface area contributed by atoms with Crippen LogP contribution in [0.25, 0.3) is 22.0 Å². The summed E-state index contributed by atoms with van der Waals surface area (Å²) in [4.78, 5) is 3.92. The fraction of sp³-hybridized carbons (Fsp3) is 0.0625. The molecule has 0 amide bonds. The standard InChI is InChI=1S/C16H10F4N2/c17-11-4-1-9(2-5-11)10-3-6-14-12(7-10)15(16(18,19)20)13(21)8-22-14/h1-8H,21H2. The summed E-state index contributed by atoms with van der Waals surface area (Å²) in [5.74, 6) is -0.411. The molecule has 0 bridgehead atoms. The number of aromatic nitrogens is 1. The summed E-state index contributed by atoms with van der Waals surface area (Å²) in [6, 6.07) is 10.0. The monoisotopic (exact) mass is 306 g/mol. The maximum absolute atomic E-state index is 13.2. The summed E-state index contributed by atoms with van der Waals surface area (Å²) in [5.41, 5.74) is 5.47. The van der Waals surface area contributed by atoms with Gasteiger partial charge in [-0.1, -0.05) is 18.2 Å². The van der Waals surface area contributed by atoms with Crippen LogP contribution in [-0.4, -0.2) is 4.98 Å². The summed E-state index contributed by atoms with van der Waals surface area (Å²) < 4.78 is 52.6. The number of pyridine rings is 1. The normalized spacial score (nSPS) is 11.8. The number of nitrogens with zero attached hydrogens (tertiary/aromatic N) is 1. The number of alkyl halides is 3. The first-order valence-corrected chi connectivity index (χ1v) is 6.37. The quantitative estimate of drug-likeness (QED) is 0.665. The molecule has 3 rings (SSSR count). The van der Waals surface area contributed by atoms with Crippen LogP contribution in [-0.2, 0) is 6.18 Å². The lowest BCUT2D eigenvalue weighted by Crippen LogP contribution is -2.10. The van der Waals surface area contributed by atoms with Crippen LogP contribution in [0.3, 0.4) is 0 Å². The Labute approximate surface area is 123 Å². The molecule has 2 nitrogen and oxygen atoms in total. The van der Waals surface area contributed by atoms with E-state index in [1.165, 1.54) is 36.4 Å². The lowest BCUT2D eigenvalue weighted by Gasteiger charge is -2.13. The number of hydrogen-bond acceptors (Lipinski definition) is 2. The molecule has 0 saturated heterocycles. The Morgan fingerprint density at radius 3 is 2.18 bits per heavy atom. The summed E-state index contributed by atoms with van der Waals surface area (Å²) in [7, 11) is 0. The van der Waals surface area contributed by atoms with Gasteiger partial charge in [-0.05, 0) is 35.4 Å². The molecule has 0 atom stereocenters. The van der Waals surface area contributed by atoms with Crippen LogP contribution in [0, 0.1) is 5.82 Å². The fourth-order valence-corrected chi connectivity index (χ4v) is 2.35. The van der Waals surface area contributed by atoms with E-state index in [-0.39, 0.29) is 10.9 Å². The molecule has 1 heterocycles. The highest BCUT2D eigenvalue weighted by molar-refractivity contribution is 5.90. The SMILES string of the molecule is Nc1cnc2ccc(-c3ccc(F)cc3)cc2c1C(F)(F)F. The van der Waals surface area contributed by atoms with Crippen molar-refractivity contribution in [3.05, 3.63) is 60.0 Å². The Hall–Kier alpha value is -2.63. The molecule has 0 spiro atoms. The van der Waals surface area contributed by atoms with E-state index < -0.39 is 23.2 Å². The third-order valence-corrected chi connectivity index (χ3v) is 3.36. The second-order valence-electron chi connectivity index (χ2n) is 4.83. The first kappa shape index (κ1) is 14.3. The first-order chi connectivity index (χ1) is 10.4. The largest absolute Gasteiger partial charge is 0.419 e. The fourth-order valence-electron chi connectivity index (χ4n) is 2.35. The van der Waals surface area contributed by atoms with Crippen LogP contribution in [0.1, 0.15) is 5.56 Å². The predicted octanol–water partition coefficient (Wildman–Crippen LogP) is 4.64. The molecule has 0 aliphatic rings. The second-order valence-corrected chi connectivity index (χ2v) is 4.83. The van der Waals surface area contributed by atoms with Crippen LogP contribution in [0.2, 0.25) is 0 Å². The predicted molar refractivity (Wildman–Crippen MR) is 76.6 cm³/mol. The van der Waals surface area contributed by atoms with E-state index in [0.717, 1.165) is 6.20 Å². The molecular formula is C16H10F4N2. The minimum Gasteiger partial charge on any atom is -0.397 e. The van der Waals surface area contributed by atoms with Crippen molar-refractivity contribution >= 4 is 16.6 Å². The van der Waals surface area contributed by atoms with Crippen LogP contribution < -0.4 is 5.73 Å². The average Bonchev–Trinajstić information content (AvgIpc) is 2.46. The summed E-state index contributed by atoms with van der Waals surface area (Å²) in [6.07, 6.45) is -3.57. The zero-order valence-electron chi connectivity index (χ0n) is 11.2. The molecular weight excluding hydrogens is 296 g/mol. The third kappa shape index (κ3) is 2.47. The smallest absolute Gasteiger partial charge is 0.397 e. The number of halogens is 4. The molecule has 0 aliphatic carbocycles. The average molecular weight is 306 g/mol. The first-order valence-electron chi connectivity index (χ1n) is 6.37. The van der Waals surface area contributed by atoms with Crippen molar-refractivity contribution in [1.82, 2.24) is 4.98 Å². The van der Waals surface area contributed by atoms with Gasteiger partial charge in [-0.2, -0.15) is 13.2 Å². The summed E-state index contributed by atoms with van der Waals surface area (Å²) >= 11 is 0. The molecule has 112 valence electrons. The minimum absolute atomic E-state index is 0.0747. The minimum atomic E-state index is -4.58. The van der Waals surface area contributed by atoms with Crippen molar-refractivity contribution in [3.8, 4) is 11.1 Å². The van der Waals surface area contributed by atoms with Gasteiger partial charge in [0, 0.05) is 5.39 Å². The van der Waals surface area contributed by atoms with Crippen molar-refractivity contribution in [1.29, 1.82) is 0 Å². The Morgan fingerprint density at radius 2 is 1.55 bits per heavy atom. The lowest BCUT2D eigenvalue weighted by molar-refractivity contribution is -0.135. The van der Waals surface area contributed by atoms with Crippen molar-refractivity contribution in [2.45, 2.75) is 6.18 Å². The Kier molecular flexibility index (Phi) is 3.24. The number of benzene rings is 2. The van der Waals surface area contributed by atoms with Crippen molar-refractivity contribution in [2.24, 2.45) is 0 Å². The van der Waals surface area contributed by atoms with E-state index in [1.807, 2.05) is 0 Å². The van der Waals surface area contributed by atoms with Crippen molar-refractivity contribution in [3.63, 3.8) is 0 Å². The number of nitrogens with two attached hydrogens (primary N) is 1. The van der Waals surface area contributed by atoms with E-state index in [2.05, 4.69) is 4.98 Å². The van der Waals surface area contributed by atoms with E-state index >= 15 is 0 Å². The Bertz CT molecular complexity index is 839. The van der Waals surface area contributed by atoms with E-state index in [4.69, 9.17) is 5.73 Å². The zero-order valence-corrected chi connectivity index (χ0v) is 11.2.